The molecule has 4 nitrogen and oxygen atoms in total. The van der Waals surface area contributed by atoms with Crippen molar-refractivity contribution in [3.8, 4) is 0 Å². The maximum atomic E-state index is 12.8. The maximum absolute atomic E-state index is 12.8. The first-order valence-corrected chi connectivity index (χ1v) is 10.6. The van der Waals surface area contributed by atoms with Crippen molar-refractivity contribution in [2.75, 3.05) is 12.4 Å². The van der Waals surface area contributed by atoms with E-state index in [0.29, 0.717) is 31.4 Å². The highest BCUT2D eigenvalue weighted by Crippen LogP contribution is 2.37. The number of ketones is 1. The van der Waals surface area contributed by atoms with Crippen LogP contribution in [0.4, 0.5) is 0 Å². The van der Waals surface area contributed by atoms with E-state index in [1.54, 1.807) is 6.92 Å². The van der Waals surface area contributed by atoms with E-state index in [4.69, 9.17) is 4.74 Å². The number of ether oxygens (including phenoxy) is 1. The summed E-state index contributed by atoms with van der Waals surface area (Å²) in [6.45, 7) is 2.05. The van der Waals surface area contributed by atoms with Crippen LogP contribution in [0.25, 0.3) is 0 Å². The van der Waals surface area contributed by atoms with E-state index < -0.39 is 16.2 Å². The maximum Gasteiger partial charge on any atom is 0.319 e. The van der Waals surface area contributed by atoms with Crippen molar-refractivity contribution in [3.63, 3.8) is 0 Å². The molecule has 2 unspecified atom stereocenters. The van der Waals surface area contributed by atoms with Gasteiger partial charge in [0.25, 0.3) is 0 Å². The van der Waals surface area contributed by atoms with Crippen molar-refractivity contribution >= 4 is 22.6 Å². The fraction of sp³-hybridized carbons (Fsp3) is 0.600. The Labute approximate surface area is 152 Å². The highest BCUT2D eigenvalue weighted by atomic mass is 32.2. The SMILES string of the molecule is CCOC(=O)C1(CCCS(=O)c2ccccc2)CCCCCCC1=O. The molecule has 0 aromatic heterocycles. The van der Waals surface area contributed by atoms with Gasteiger partial charge in [0.1, 0.15) is 11.2 Å². The zero-order valence-corrected chi connectivity index (χ0v) is 15.8. The molecule has 25 heavy (non-hydrogen) atoms. The smallest absolute Gasteiger partial charge is 0.319 e. The molecule has 0 N–H and O–H groups in total. The van der Waals surface area contributed by atoms with E-state index in [2.05, 4.69) is 0 Å². The lowest BCUT2D eigenvalue weighted by molar-refractivity contribution is -0.162. The minimum absolute atomic E-state index is 0.0103. The van der Waals surface area contributed by atoms with Crippen molar-refractivity contribution in [2.24, 2.45) is 5.41 Å². The van der Waals surface area contributed by atoms with Gasteiger partial charge in [0.05, 0.1) is 17.4 Å². The van der Waals surface area contributed by atoms with Crippen LogP contribution in [0.5, 0.6) is 0 Å². The Morgan fingerprint density at radius 1 is 1.16 bits per heavy atom. The molecule has 2 rings (SSSR count). The number of hydrogen-bond acceptors (Lipinski definition) is 4. The molecule has 5 heteroatoms. The van der Waals surface area contributed by atoms with Gasteiger partial charge in [0.15, 0.2) is 0 Å². The van der Waals surface area contributed by atoms with Crippen LogP contribution in [0.1, 0.15) is 58.3 Å². The van der Waals surface area contributed by atoms with E-state index >= 15 is 0 Å². The number of hydrogen-bond donors (Lipinski definition) is 0. The van der Waals surface area contributed by atoms with Gasteiger partial charge in [-0.25, -0.2) is 0 Å². The Morgan fingerprint density at radius 2 is 1.88 bits per heavy atom. The van der Waals surface area contributed by atoms with Gasteiger partial charge in [-0.1, -0.05) is 37.5 Å². The number of esters is 1. The summed E-state index contributed by atoms with van der Waals surface area (Å²) in [5, 5.41) is 0. The normalized spacial score (nSPS) is 22.7. The van der Waals surface area contributed by atoms with Crippen molar-refractivity contribution in [3.05, 3.63) is 30.3 Å². The first kappa shape index (κ1) is 19.8. The lowest BCUT2D eigenvalue weighted by Crippen LogP contribution is -2.41. The molecule has 0 radical (unpaired) electrons. The lowest BCUT2D eigenvalue weighted by Gasteiger charge is -2.31. The fourth-order valence-corrected chi connectivity index (χ4v) is 4.59. The van der Waals surface area contributed by atoms with Gasteiger partial charge >= 0.3 is 5.97 Å². The molecule has 1 aliphatic rings. The Kier molecular flexibility index (Phi) is 7.82. The fourth-order valence-electron chi connectivity index (χ4n) is 3.49. The standard InChI is InChI=1S/C20H28O4S/c1-2-24-19(22)20(14-9-4-3-8-13-18(20)21)15-10-16-25(23)17-11-6-5-7-12-17/h5-7,11-12H,2-4,8-10,13-16H2,1H3. The van der Waals surface area contributed by atoms with Crippen LogP contribution in [0.3, 0.4) is 0 Å². The van der Waals surface area contributed by atoms with Crippen LogP contribution >= 0.6 is 0 Å². The summed E-state index contributed by atoms with van der Waals surface area (Å²) in [5.41, 5.74) is -1.03. The first-order valence-electron chi connectivity index (χ1n) is 9.24. The van der Waals surface area contributed by atoms with Gasteiger partial charge in [0, 0.05) is 17.1 Å². The largest absolute Gasteiger partial charge is 0.465 e. The van der Waals surface area contributed by atoms with Crippen molar-refractivity contribution in [1.29, 1.82) is 0 Å². The quantitative estimate of drug-likeness (QED) is 0.541. The van der Waals surface area contributed by atoms with Crippen LogP contribution in [-0.4, -0.2) is 28.3 Å². The molecule has 138 valence electrons. The zero-order chi connectivity index (χ0) is 18.1. The summed E-state index contributed by atoms with van der Waals surface area (Å²) in [6.07, 6.45) is 5.81. The van der Waals surface area contributed by atoms with E-state index in [9.17, 15) is 13.8 Å². The average molecular weight is 365 g/mol. The van der Waals surface area contributed by atoms with Crippen LogP contribution in [-0.2, 0) is 25.1 Å². The summed E-state index contributed by atoms with van der Waals surface area (Å²) < 4.78 is 17.7. The molecule has 1 aromatic rings. The van der Waals surface area contributed by atoms with Crippen molar-refractivity contribution in [2.45, 2.75) is 63.2 Å². The molecule has 0 aliphatic heterocycles. The van der Waals surface area contributed by atoms with Crippen molar-refractivity contribution in [1.82, 2.24) is 0 Å². The molecule has 1 aromatic carbocycles. The second-order valence-corrected chi connectivity index (χ2v) is 8.18. The highest BCUT2D eigenvalue weighted by molar-refractivity contribution is 7.85. The number of carbonyl (C=O) groups excluding carboxylic acids is 2. The topological polar surface area (TPSA) is 60.4 Å². The predicted octanol–water partition coefficient (Wildman–Crippen LogP) is 4.05. The third-order valence-corrected chi connectivity index (χ3v) is 6.35. The molecule has 0 amide bonds. The van der Waals surface area contributed by atoms with Crippen LogP contribution < -0.4 is 0 Å². The Morgan fingerprint density at radius 3 is 2.60 bits per heavy atom. The summed E-state index contributed by atoms with van der Waals surface area (Å²) in [7, 11) is -1.11. The average Bonchev–Trinajstić information content (AvgIpc) is 2.61. The zero-order valence-electron chi connectivity index (χ0n) is 15.0. The summed E-state index contributed by atoms with van der Waals surface area (Å²) in [4.78, 5) is 26.2. The Hall–Kier alpha value is -1.49. The second-order valence-electron chi connectivity index (χ2n) is 6.61. The third-order valence-electron chi connectivity index (χ3n) is 4.90. The van der Waals surface area contributed by atoms with Gasteiger partial charge in [-0.05, 0) is 44.7 Å². The third kappa shape index (κ3) is 5.24. The monoisotopic (exact) mass is 364 g/mol. The van der Waals surface area contributed by atoms with Gasteiger partial charge in [-0.3, -0.25) is 13.8 Å². The number of Topliss-reactive ketones (excluding diaryl/α,β-unsaturated/α-hetero) is 1. The molecule has 0 bridgehead atoms. The molecule has 1 aliphatic carbocycles. The Bertz CT molecular complexity index is 589. The minimum atomic E-state index is -1.11. The number of rotatable bonds is 7. The van der Waals surface area contributed by atoms with Crippen LogP contribution in [0.15, 0.2) is 35.2 Å². The lowest BCUT2D eigenvalue weighted by atomic mass is 9.72. The van der Waals surface area contributed by atoms with Crippen LogP contribution in [0, 0.1) is 5.41 Å². The Balaban J connectivity index is 2.06. The van der Waals surface area contributed by atoms with E-state index in [-0.39, 0.29) is 18.4 Å². The van der Waals surface area contributed by atoms with E-state index in [1.807, 2.05) is 30.3 Å². The molecule has 1 fully saturated rings. The molecule has 0 saturated heterocycles. The summed E-state index contributed by atoms with van der Waals surface area (Å²) in [5.74, 6) is 0.0851. The molecule has 1 saturated carbocycles. The molecule has 0 heterocycles. The second kappa shape index (κ2) is 9.85. The first-order chi connectivity index (χ1) is 12.1. The molecular weight excluding hydrogens is 336 g/mol. The molecular formula is C20H28O4S. The van der Waals surface area contributed by atoms with Gasteiger partial charge < -0.3 is 4.74 Å². The molecule has 2 atom stereocenters. The van der Waals surface area contributed by atoms with Gasteiger partial charge in [-0.2, -0.15) is 0 Å². The predicted molar refractivity (Wildman–Crippen MR) is 98.7 cm³/mol. The van der Waals surface area contributed by atoms with Crippen LogP contribution in [0.2, 0.25) is 0 Å². The van der Waals surface area contributed by atoms with E-state index in [1.165, 1.54) is 0 Å². The van der Waals surface area contributed by atoms with Gasteiger partial charge in [0.2, 0.25) is 0 Å². The van der Waals surface area contributed by atoms with E-state index in [0.717, 1.165) is 30.6 Å². The highest BCUT2D eigenvalue weighted by Gasteiger charge is 2.45. The van der Waals surface area contributed by atoms with Crippen molar-refractivity contribution < 1.29 is 18.5 Å². The summed E-state index contributed by atoms with van der Waals surface area (Å²) >= 11 is 0. The molecule has 0 spiro atoms. The van der Waals surface area contributed by atoms with Gasteiger partial charge in [-0.15, -0.1) is 0 Å². The number of benzene rings is 1. The number of carbonyl (C=O) groups is 2. The summed E-state index contributed by atoms with van der Waals surface area (Å²) in [6, 6.07) is 9.32. The minimum Gasteiger partial charge on any atom is -0.465 e.